The molecule has 0 bridgehead atoms. The summed E-state index contributed by atoms with van der Waals surface area (Å²) in [5.41, 5.74) is 0.746. The van der Waals surface area contributed by atoms with E-state index in [9.17, 15) is 8.42 Å². The molecule has 0 radical (unpaired) electrons. The largest absolute Gasteiger partial charge is 0.380 e. The average molecular weight is 257 g/mol. The lowest BCUT2D eigenvalue weighted by Gasteiger charge is -2.26. The van der Waals surface area contributed by atoms with E-state index >= 15 is 0 Å². The van der Waals surface area contributed by atoms with Crippen LogP contribution in [0.4, 0.5) is 5.69 Å². The summed E-state index contributed by atoms with van der Waals surface area (Å²) in [6, 6.07) is 5.61. The lowest BCUT2D eigenvalue weighted by atomic mass is 10.2. The third-order valence-corrected chi connectivity index (χ3v) is 5.37. The van der Waals surface area contributed by atoms with Crippen molar-refractivity contribution in [3.63, 3.8) is 0 Å². The van der Waals surface area contributed by atoms with Gasteiger partial charge in [-0.1, -0.05) is 6.92 Å². The van der Waals surface area contributed by atoms with Gasteiger partial charge in [0.1, 0.15) is 0 Å². The molecule has 5 heteroatoms. The van der Waals surface area contributed by atoms with Gasteiger partial charge in [-0.15, -0.1) is 11.8 Å². The van der Waals surface area contributed by atoms with E-state index in [-0.39, 0.29) is 11.8 Å². The highest BCUT2D eigenvalue weighted by Gasteiger charge is 2.28. The van der Waals surface area contributed by atoms with Gasteiger partial charge >= 0.3 is 0 Å². The molecular formula is C11H15NO2S2. The number of hydrogen-bond acceptors (Lipinski definition) is 4. The Labute approximate surface area is 101 Å². The van der Waals surface area contributed by atoms with Crippen molar-refractivity contribution in [3.8, 4) is 0 Å². The molecular weight excluding hydrogens is 242 g/mol. The van der Waals surface area contributed by atoms with Crippen LogP contribution in [-0.4, -0.2) is 26.5 Å². The zero-order chi connectivity index (χ0) is 11.8. The Balaban J connectivity index is 2.52. The summed E-state index contributed by atoms with van der Waals surface area (Å²) in [5, 5.41) is 3.27. The molecule has 1 aromatic carbocycles. The smallest absolute Gasteiger partial charge is 0.182 e. The number of sulfone groups is 1. The summed E-state index contributed by atoms with van der Waals surface area (Å²) in [6.07, 6.45) is 2.77. The number of hydrogen-bond donors (Lipinski definition) is 1. The van der Waals surface area contributed by atoms with Crippen molar-refractivity contribution in [1.29, 1.82) is 0 Å². The normalized spacial score (nSPS) is 22.2. The highest BCUT2D eigenvalue weighted by atomic mass is 32.2. The Morgan fingerprint density at radius 1 is 1.50 bits per heavy atom. The minimum Gasteiger partial charge on any atom is -0.380 e. The molecule has 1 atom stereocenters. The third kappa shape index (κ3) is 2.06. The van der Waals surface area contributed by atoms with Crippen LogP contribution >= 0.6 is 11.8 Å². The molecule has 88 valence electrons. The van der Waals surface area contributed by atoms with Crippen LogP contribution in [0.1, 0.15) is 13.3 Å². The fourth-order valence-corrected chi connectivity index (χ4v) is 4.15. The Hall–Kier alpha value is -0.680. The van der Waals surface area contributed by atoms with Crippen molar-refractivity contribution < 1.29 is 8.42 Å². The second-order valence-electron chi connectivity index (χ2n) is 3.89. The maximum atomic E-state index is 12.1. The second kappa shape index (κ2) is 4.30. The molecule has 0 amide bonds. The van der Waals surface area contributed by atoms with Gasteiger partial charge in [-0.25, -0.2) is 8.42 Å². The Morgan fingerprint density at radius 2 is 2.25 bits per heavy atom. The maximum absolute atomic E-state index is 12.1. The van der Waals surface area contributed by atoms with E-state index in [0.717, 1.165) is 17.0 Å². The summed E-state index contributed by atoms with van der Waals surface area (Å²) in [5.74, 6) is 0.203. The molecule has 0 fully saturated rings. The minimum atomic E-state index is -3.11. The molecule has 1 unspecified atom stereocenters. The summed E-state index contributed by atoms with van der Waals surface area (Å²) >= 11 is 1.56. The Bertz CT molecular complexity index is 497. The number of rotatable bonds is 2. The third-order valence-electron chi connectivity index (χ3n) is 2.80. The molecule has 0 aliphatic carbocycles. The number of anilines is 1. The van der Waals surface area contributed by atoms with Gasteiger partial charge in [0, 0.05) is 10.9 Å². The molecule has 3 nitrogen and oxygen atoms in total. The summed E-state index contributed by atoms with van der Waals surface area (Å²) in [7, 11) is -3.11. The van der Waals surface area contributed by atoms with E-state index in [1.54, 1.807) is 17.8 Å². The molecule has 0 saturated carbocycles. The first-order chi connectivity index (χ1) is 7.56. The van der Waals surface area contributed by atoms with Crippen LogP contribution in [0.15, 0.2) is 28.0 Å². The lowest BCUT2D eigenvalue weighted by Crippen LogP contribution is -2.33. The SMILES string of the molecule is CCC1CS(=O)(=O)c2cc(SC)ccc2N1. The van der Waals surface area contributed by atoms with Crippen molar-refractivity contribution in [2.75, 3.05) is 17.3 Å². The summed E-state index contributed by atoms with van der Waals surface area (Å²) in [6.45, 7) is 1.99. The van der Waals surface area contributed by atoms with Crippen molar-refractivity contribution >= 4 is 27.3 Å². The van der Waals surface area contributed by atoms with Crippen molar-refractivity contribution in [2.24, 2.45) is 0 Å². The zero-order valence-corrected chi connectivity index (χ0v) is 11.0. The van der Waals surface area contributed by atoms with E-state index in [1.807, 2.05) is 25.3 Å². The van der Waals surface area contributed by atoms with Crippen LogP contribution in [0.2, 0.25) is 0 Å². The van der Waals surface area contributed by atoms with Crippen LogP contribution in [0, 0.1) is 0 Å². The molecule has 16 heavy (non-hydrogen) atoms. The number of fused-ring (bicyclic) bond motifs is 1. The molecule has 1 aliphatic heterocycles. The van der Waals surface area contributed by atoms with Gasteiger partial charge in [0.25, 0.3) is 0 Å². The topological polar surface area (TPSA) is 46.2 Å². The van der Waals surface area contributed by atoms with Crippen LogP contribution in [0.25, 0.3) is 0 Å². The van der Waals surface area contributed by atoms with Crippen LogP contribution < -0.4 is 5.32 Å². The van der Waals surface area contributed by atoms with Crippen LogP contribution in [-0.2, 0) is 9.84 Å². The van der Waals surface area contributed by atoms with Gasteiger partial charge in [0.05, 0.1) is 16.3 Å². The van der Waals surface area contributed by atoms with E-state index in [1.165, 1.54) is 0 Å². The van der Waals surface area contributed by atoms with E-state index < -0.39 is 9.84 Å². The van der Waals surface area contributed by atoms with Crippen molar-refractivity contribution in [3.05, 3.63) is 18.2 Å². The zero-order valence-electron chi connectivity index (χ0n) is 9.36. The van der Waals surface area contributed by atoms with Crippen LogP contribution in [0.3, 0.4) is 0 Å². The average Bonchev–Trinajstić information content (AvgIpc) is 2.27. The monoisotopic (exact) mass is 257 g/mol. The first kappa shape index (κ1) is 11.8. The van der Waals surface area contributed by atoms with Crippen molar-refractivity contribution in [2.45, 2.75) is 29.2 Å². The number of thioether (sulfide) groups is 1. The first-order valence-corrected chi connectivity index (χ1v) is 8.12. The molecule has 0 spiro atoms. The quantitative estimate of drug-likeness (QED) is 0.826. The van der Waals surface area contributed by atoms with Gasteiger partial charge in [0.2, 0.25) is 0 Å². The van der Waals surface area contributed by atoms with Gasteiger partial charge in [-0.2, -0.15) is 0 Å². The molecule has 1 N–H and O–H groups in total. The van der Waals surface area contributed by atoms with Gasteiger partial charge < -0.3 is 5.32 Å². The van der Waals surface area contributed by atoms with E-state index in [4.69, 9.17) is 0 Å². The van der Waals surface area contributed by atoms with Gasteiger partial charge in [-0.05, 0) is 30.9 Å². The second-order valence-corrected chi connectivity index (χ2v) is 6.78. The minimum absolute atomic E-state index is 0.0395. The molecule has 0 aromatic heterocycles. The van der Waals surface area contributed by atoms with Gasteiger partial charge in [0.15, 0.2) is 9.84 Å². The van der Waals surface area contributed by atoms with E-state index in [0.29, 0.717) is 4.90 Å². The summed E-state index contributed by atoms with van der Waals surface area (Å²) in [4.78, 5) is 1.43. The van der Waals surface area contributed by atoms with E-state index in [2.05, 4.69) is 5.32 Å². The first-order valence-electron chi connectivity index (χ1n) is 5.24. The predicted molar refractivity (Wildman–Crippen MR) is 68.0 cm³/mol. The Kier molecular flexibility index (Phi) is 3.17. The standard InChI is InChI=1S/C11H15NO2S2/c1-3-8-7-16(13,14)11-6-9(15-2)4-5-10(11)12-8/h4-6,8,12H,3,7H2,1-2H3. The van der Waals surface area contributed by atoms with Crippen molar-refractivity contribution in [1.82, 2.24) is 0 Å². The molecule has 2 rings (SSSR count). The molecule has 1 heterocycles. The molecule has 1 aliphatic rings. The number of nitrogens with one attached hydrogen (secondary N) is 1. The fraction of sp³-hybridized carbons (Fsp3) is 0.455. The molecule has 0 saturated heterocycles. The number of benzene rings is 1. The summed E-state index contributed by atoms with van der Waals surface area (Å²) < 4.78 is 24.1. The maximum Gasteiger partial charge on any atom is 0.182 e. The highest BCUT2D eigenvalue weighted by Crippen LogP contribution is 2.32. The predicted octanol–water partition coefficient (Wildman–Crippen LogP) is 2.39. The van der Waals surface area contributed by atoms with Crippen LogP contribution in [0.5, 0.6) is 0 Å². The Morgan fingerprint density at radius 3 is 2.88 bits per heavy atom. The fourth-order valence-electron chi connectivity index (χ4n) is 1.84. The highest BCUT2D eigenvalue weighted by molar-refractivity contribution is 7.98. The van der Waals surface area contributed by atoms with Gasteiger partial charge in [-0.3, -0.25) is 0 Å². The molecule has 1 aromatic rings. The lowest BCUT2D eigenvalue weighted by molar-refractivity contribution is 0.583.